The van der Waals surface area contributed by atoms with Crippen LogP contribution in [-0.2, 0) is 11.3 Å². The molecule has 2 rings (SSSR count). The first kappa shape index (κ1) is 14.0. The van der Waals surface area contributed by atoms with Crippen LogP contribution in [-0.4, -0.2) is 23.5 Å². The van der Waals surface area contributed by atoms with Crippen LogP contribution in [0.2, 0.25) is 5.02 Å². The molecule has 1 heterocycles. The van der Waals surface area contributed by atoms with Gasteiger partial charge in [0.05, 0.1) is 36.1 Å². The normalized spacial score (nSPS) is 12.6. The van der Waals surface area contributed by atoms with Crippen molar-refractivity contribution in [2.75, 3.05) is 13.7 Å². The Labute approximate surface area is 115 Å². The summed E-state index contributed by atoms with van der Waals surface area (Å²) in [4.78, 5) is 0. The van der Waals surface area contributed by atoms with Gasteiger partial charge in [-0.2, -0.15) is 5.10 Å². The van der Waals surface area contributed by atoms with Crippen LogP contribution in [0.25, 0.3) is 0 Å². The highest BCUT2D eigenvalue weighted by Gasteiger charge is 2.18. The van der Waals surface area contributed by atoms with Crippen molar-refractivity contribution in [1.82, 2.24) is 9.78 Å². The lowest BCUT2D eigenvalue weighted by atomic mass is 10.0. The van der Waals surface area contributed by atoms with E-state index in [1.165, 1.54) is 18.3 Å². The van der Waals surface area contributed by atoms with Crippen LogP contribution in [0.4, 0.5) is 4.39 Å². The molecular weight excluding hydrogens is 269 g/mol. The van der Waals surface area contributed by atoms with Crippen LogP contribution in [0.15, 0.2) is 30.5 Å². The van der Waals surface area contributed by atoms with Gasteiger partial charge in [-0.05, 0) is 17.7 Å². The molecule has 102 valence electrons. The summed E-state index contributed by atoms with van der Waals surface area (Å²) in [5, 5.41) is 4.62. The fourth-order valence-corrected chi connectivity index (χ4v) is 2.15. The minimum Gasteiger partial charge on any atom is -0.383 e. The summed E-state index contributed by atoms with van der Waals surface area (Å²) in [6.07, 6.45) is 1.53. The molecule has 0 amide bonds. The van der Waals surface area contributed by atoms with Crippen molar-refractivity contribution in [3.8, 4) is 0 Å². The number of halogens is 2. The smallest absolute Gasteiger partial charge is 0.123 e. The van der Waals surface area contributed by atoms with E-state index in [0.29, 0.717) is 29.4 Å². The summed E-state index contributed by atoms with van der Waals surface area (Å²) in [5.41, 5.74) is 7.46. The van der Waals surface area contributed by atoms with Gasteiger partial charge in [-0.15, -0.1) is 0 Å². The summed E-state index contributed by atoms with van der Waals surface area (Å²) in [7, 11) is 1.61. The molecule has 19 heavy (non-hydrogen) atoms. The third kappa shape index (κ3) is 3.12. The molecule has 6 heteroatoms. The predicted octanol–water partition coefficient (Wildman–Crippen LogP) is 2.37. The van der Waals surface area contributed by atoms with Crippen molar-refractivity contribution in [2.45, 2.75) is 12.6 Å². The summed E-state index contributed by atoms with van der Waals surface area (Å²) >= 11 is 6.11. The third-order valence-corrected chi connectivity index (χ3v) is 3.13. The molecule has 1 atom stereocenters. The van der Waals surface area contributed by atoms with E-state index in [0.717, 1.165) is 0 Å². The van der Waals surface area contributed by atoms with Gasteiger partial charge in [0.2, 0.25) is 0 Å². The minimum absolute atomic E-state index is 0.327. The first-order chi connectivity index (χ1) is 9.13. The van der Waals surface area contributed by atoms with Gasteiger partial charge < -0.3 is 10.5 Å². The fourth-order valence-electron chi connectivity index (χ4n) is 1.89. The van der Waals surface area contributed by atoms with Crippen LogP contribution in [0, 0.1) is 5.82 Å². The van der Waals surface area contributed by atoms with Gasteiger partial charge in [0.25, 0.3) is 0 Å². The Kier molecular flexibility index (Phi) is 4.52. The average molecular weight is 284 g/mol. The van der Waals surface area contributed by atoms with Crippen molar-refractivity contribution >= 4 is 11.6 Å². The predicted molar refractivity (Wildman–Crippen MR) is 71.5 cm³/mol. The number of nitrogens with zero attached hydrogens (tertiary/aromatic N) is 2. The van der Waals surface area contributed by atoms with E-state index in [4.69, 9.17) is 22.1 Å². The average Bonchev–Trinajstić information content (AvgIpc) is 2.76. The number of hydrogen-bond donors (Lipinski definition) is 1. The number of rotatable bonds is 5. The lowest BCUT2D eigenvalue weighted by molar-refractivity contribution is 0.182. The van der Waals surface area contributed by atoms with Crippen LogP contribution in [0.3, 0.4) is 0 Å². The molecule has 0 radical (unpaired) electrons. The number of nitrogens with two attached hydrogens (primary N) is 1. The molecule has 0 aliphatic rings. The summed E-state index contributed by atoms with van der Waals surface area (Å²) in [6, 6.07) is 5.63. The van der Waals surface area contributed by atoms with Gasteiger partial charge in [0, 0.05) is 7.11 Å². The zero-order valence-electron chi connectivity index (χ0n) is 10.5. The van der Waals surface area contributed by atoms with E-state index in [9.17, 15) is 4.39 Å². The number of aromatic nitrogens is 2. The maximum Gasteiger partial charge on any atom is 0.123 e. The molecule has 2 aromatic rings. The van der Waals surface area contributed by atoms with E-state index in [2.05, 4.69) is 5.10 Å². The molecule has 2 N–H and O–H groups in total. The van der Waals surface area contributed by atoms with E-state index in [-0.39, 0.29) is 5.82 Å². The molecule has 0 fully saturated rings. The molecule has 0 bridgehead atoms. The topological polar surface area (TPSA) is 53.1 Å². The van der Waals surface area contributed by atoms with Crippen LogP contribution < -0.4 is 5.73 Å². The highest BCUT2D eigenvalue weighted by Crippen LogP contribution is 2.26. The SMILES string of the molecule is COCCn1ncc(Cl)c1C(N)c1cccc(F)c1. The maximum absolute atomic E-state index is 13.2. The van der Waals surface area contributed by atoms with Gasteiger partial charge in [-0.1, -0.05) is 23.7 Å². The Morgan fingerprint density at radius 3 is 3.00 bits per heavy atom. The molecule has 4 nitrogen and oxygen atoms in total. The molecule has 1 aromatic heterocycles. The van der Waals surface area contributed by atoms with Crippen molar-refractivity contribution in [2.24, 2.45) is 5.73 Å². The standard InChI is InChI=1S/C13H15ClFN3O/c1-19-6-5-18-13(11(14)8-17-18)12(16)9-3-2-4-10(15)7-9/h2-4,7-8,12H,5-6,16H2,1H3. The Balaban J connectivity index is 2.32. The van der Waals surface area contributed by atoms with Gasteiger partial charge in [0.1, 0.15) is 5.82 Å². The van der Waals surface area contributed by atoms with Gasteiger partial charge in [0.15, 0.2) is 0 Å². The van der Waals surface area contributed by atoms with Crippen molar-refractivity contribution in [3.63, 3.8) is 0 Å². The van der Waals surface area contributed by atoms with Crippen LogP contribution >= 0.6 is 11.6 Å². The lowest BCUT2D eigenvalue weighted by Gasteiger charge is -2.15. The Hall–Kier alpha value is -1.43. The number of methoxy groups -OCH3 is 1. The quantitative estimate of drug-likeness (QED) is 0.916. The zero-order valence-corrected chi connectivity index (χ0v) is 11.3. The molecule has 0 spiro atoms. The first-order valence-electron chi connectivity index (χ1n) is 5.84. The first-order valence-corrected chi connectivity index (χ1v) is 6.22. The van der Waals surface area contributed by atoms with Crippen LogP contribution in [0.1, 0.15) is 17.3 Å². The second-order valence-electron chi connectivity index (χ2n) is 4.13. The highest BCUT2D eigenvalue weighted by atomic mass is 35.5. The monoisotopic (exact) mass is 283 g/mol. The summed E-state index contributed by atoms with van der Waals surface area (Å²) in [5.74, 6) is -0.327. The van der Waals surface area contributed by atoms with Gasteiger partial charge in [-0.3, -0.25) is 4.68 Å². The molecule has 0 saturated carbocycles. The molecule has 0 aliphatic heterocycles. The van der Waals surface area contributed by atoms with Crippen molar-refractivity contribution in [3.05, 3.63) is 52.6 Å². The highest BCUT2D eigenvalue weighted by molar-refractivity contribution is 6.31. The minimum atomic E-state index is -0.525. The number of ether oxygens (including phenoxy) is 1. The molecule has 1 unspecified atom stereocenters. The van der Waals surface area contributed by atoms with E-state index >= 15 is 0 Å². The largest absolute Gasteiger partial charge is 0.383 e. The molecule has 0 aliphatic carbocycles. The second-order valence-corrected chi connectivity index (χ2v) is 4.53. The molecule has 1 aromatic carbocycles. The van der Waals surface area contributed by atoms with Gasteiger partial charge in [-0.25, -0.2) is 4.39 Å². The zero-order chi connectivity index (χ0) is 13.8. The number of benzene rings is 1. The van der Waals surface area contributed by atoms with E-state index < -0.39 is 6.04 Å². The van der Waals surface area contributed by atoms with Gasteiger partial charge >= 0.3 is 0 Å². The van der Waals surface area contributed by atoms with E-state index in [1.807, 2.05) is 0 Å². The Bertz CT molecular complexity index is 559. The summed E-state index contributed by atoms with van der Waals surface area (Å²) in [6.45, 7) is 1.04. The third-order valence-electron chi connectivity index (χ3n) is 2.84. The Morgan fingerprint density at radius 1 is 1.53 bits per heavy atom. The maximum atomic E-state index is 13.2. The van der Waals surface area contributed by atoms with Crippen molar-refractivity contribution in [1.29, 1.82) is 0 Å². The fraction of sp³-hybridized carbons (Fsp3) is 0.308. The van der Waals surface area contributed by atoms with E-state index in [1.54, 1.807) is 23.9 Å². The second kappa shape index (κ2) is 6.14. The summed E-state index contributed by atoms with van der Waals surface area (Å²) < 4.78 is 19.9. The van der Waals surface area contributed by atoms with Crippen LogP contribution in [0.5, 0.6) is 0 Å². The molecule has 0 saturated heterocycles. The Morgan fingerprint density at radius 2 is 2.32 bits per heavy atom. The van der Waals surface area contributed by atoms with Crippen molar-refractivity contribution < 1.29 is 9.13 Å². The number of hydrogen-bond acceptors (Lipinski definition) is 3. The lowest BCUT2D eigenvalue weighted by Crippen LogP contribution is -2.19. The molecular formula is C13H15ClFN3O.